The Morgan fingerprint density at radius 2 is 1.74 bits per heavy atom. The molecule has 0 bridgehead atoms. The van der Waals surface area contributed by atoms with Crippen molar-refractivity contribution < 1.29 is 14.3 Å². The fourth-order valence-corrected chi connectivity index (χ4v) is 4.11. The number of hydrogen-bond acceptors (Lipinski definition) is 4. The molecule has 6 heteroatoms. The smallest absolute Gasteiger partial charge is 0.243 e. The number of benzene rings is 2. The van der Waals surface area contributed by atoms with Gasteiger partial charge in [-0.25, -0.2) is 0 Å². The lowest BCUT2D eigenvalue weighted by molar-refractivity contribution is -0.139. The molecule has 2 atom stereocenters. The summed E-state index contributed by atoms with van der Waals surface area (Å²) in [6, 6.07) is 17.3. The maximum Gasteiger partial charge on any atom is 0.243 e. The van der Waals surface area contributed by atoms with Crippen molar-refractivity contribution in [3.63, 3.8) is 0 Å². The van der Waals surface area contributed by atoms with Crippen LogP contribution in [0.4, 0.5) is 0 Å². The third kappa shape index (κ3) is 7.94. The van der Waals surface area contributed by atoms with Crippen LogP contribution in [-0.2, 0) is 21.9 Å². The summed E-state index contributed by atoms with van der Waals surface area (Å²) < 4.78 is 5.33. The van der Waals surface area contributed by atoms with Crippen molar-refractivity contribution in [2.75, 3.05) is 12.9 Å². The molecular formula is C25H34N2O3S. The predicted octanol–water partition coefficient (Wildman–Crippen LogP) is 4.65. The standard InChI is InChI=1S/C25H34N2O3S/c1-5-19(3)26-25(29)23(6-2)27(16-21-13-10-14-22(15-21)30-4)24(28)18-31-17-20-11-8-7-9-12-20/h7-15,19,23H,5-6,16-18H2,1-4H3,(H,26,29)/t19-,23+/m1/s1. The van der Waals surface area contributed by atoms with Gasteiger partial charge in [-0.3, -0.25) is 9.59 Å². The second-order valence-electron chi connectivity index (χ2n) is 7.59. The highest BCUT2D eigenvalue weighted by Gasteiger charge is 2.29. The first-order chi connectivity index (χ1) is 15.0. The first-order valence-corrected chi connectivity index (χ1v) is 12.0. The van der Waals surface area contributed by atoms with Crippen molar-refractivity contribution >= 4 is 23.6 Å². The summed E-state index contributed by atoms with van der Waals surface area (Å²) in [6.45, 7) is 6.33. The number of hydrogen-bond donors (Lipinski definition) is 1. The molecule has 0 aliphatic heterocycles. The summed E-state index contributed by atoms with van der Waals surface area (Å²) in [4.78, 5) is 27.9. The van der Waals surface area contributed by atoms with Gasteiger partial charge in [-0.15, -0.1) is 11.8 Å². The summed E-state index contributed by atoms with van der Waals surface area (Å²) in [5.41, 5.74) is 2.12. The minimum Gasteiger partial charge on any atom is -0.497 e. The molecule has 0 spiro atoms. The van der Waals surface area contributed by atoms with Gasteiger partial charge in [0.05, 0.1) is 12.9 Å². The third-order valence-electron chi connectivity index (χ3n) is 5.21. The Morgan fingerprint density at radius 1 is 1.03 bits per heavy atom. The van der Waals surface area contributed by atoms with Crippen LogP contribution >= 0.6 is 11.8 Å². The van der Waals surface area contributed by atoms with Gasteiger partial charge in [0.15, 0.2) is 0 Å². The Kier molecular flexibility index (Phi) is 10.4. The molecule has 0 unspecified atom stereocenters. The van der Waals surface area contributed by atoms with Crippen molar-refractivity contribution in [3.05, 3.63) is 65.7 Å². The maximum atomic E-state index is 13.2. The topological polar surface area (TPSA) is 58.6 Å². The van der Waals surface area contributed by atoms with E-state index in [-0.39, 0.29) is 17.9 Å². The largest absolute Gasteiger partial charge is 0.497 e. The number of ether oxygens (including phenoxy) is 1. The quantitative estimate of drug-likeness (QED) is 0.520. The Balaban J connectivity index is 2.16. The van der Waals surface area contributed by atoms with Crippen molar-refractivity contribution in [2.45, 2.75) is 58.0 Å². The van der Waals surface area contributed by atoms with Crippen molar-refractivity contribution in [3.8, 4) is 5.75 Å². The van der Waals surface area contributed by atoms with E-state index in [9.17, 15) is 9.59 Å². The zero-order valence-corrected chi connectivity index (χ0v) is 19.8. The molecule has 0 saturated carbocycles. The number of thioether (sulfide) groups is 1. The summed E-state index contributed by atoms with van der Waals surface area (Å²) in [5, 5.41) is 3.04. The molecule has 2 aromatic carbocycles. The van der Waals surface area contributed by atoms with Gasteiger partial charge in [-0.2, -0.15) is 0 Å². The van der Waals surface area contributed by atoms with Crippen molar-refractivity contribution in [2.24, 2.45) is 0 Å². The lowest BCUT2D eigenvalue weighted by Gasteiger charge is -2.31. The summed E-state index contributed by atoms with van der Waals surface area (Å²) >= 11 is 1.57. The molecule has 5 nitrogen and oxygen atoms in total. The maximum absolute atomic E-state index is 13.2. The number of amides is 2. The van der Waals surface area contributed by atoms with E-state index in [4.69, 9.17) is 4.74 Å². The lowest BCUT2D eigenvalue weighted by atomic mass is 10.1. The molecule has 2 amide bonds. The molecule has 0 heterocycles. The Hall–Kier alpha value is -2.47. The van der Waals surface area contributed by atoms with E-state index in [1.54, 1.807) is 23.8 Å². The molecule has 168 valence electrons. The minimum absolute atomic E-state index is 0.0325. The number of carbonyl (C=O) groups is 2. The van der Waals surface area contributed by atoms with Crippen LogP contribution in [0.2, 0.25) is 0 Å². The van der Waals surface area contributed by atoms with Gasteiger partial charge in [0, 0.05) is 18.3 Å². The summed E-state index contributed by atoms with van der Waals surface area (Å²) in [5.74, 6) is 1.69. The molecule has 2 rings (SSSR count). The van der Waals surface area contributed by atoms with E-state index in [0.717, 1.165) is 23.5 Å². The van der Waals surface area contributed by atoms with Gasteiger partial charge < -0.3 is 15.0 Å². The highest BCUT2D eigenvalue weighted by Crippen LogP contribution is 2.19. The van der Waals surface area contributed by atoms with Crippen LogP contribution in [0, 0.1) is 0 Å². The van der Waals surface area contributed by atoms with Gasteiger partial charge in [0.2, 0.25) is 11.8 Å². The number of carbonyl (C=O) groups excluding carboxylic acids is 2. The monoisotopic (exact) mass is 442 g/mol. The van der Waals surface area contributed by atoms with Gasteiger partial charge >= 0.3 is 0 Å². The van der Waals surface area contributed by atoms with E-state index in [2.05, 4.69) is 17.4 Å². The predicted molar refractivity (Wildman–Crippen MR) is 128 cm³/mol. The Bertz CT molecular complexity index is 829. The SMILES string of the molecule is CC[C@@H](C)NC(=O)[C@H](CC)N(Cc1cccc(OC)c1)C(=O)CSCc1ccccc1. The van der Waals surface area contributed by atoms with E-state index < -0.39 is 6.04 Å². The first-order valence-electron chi connectivity index (χ1n) is 10.8. The summed E-state index contributed by atoms with van der Waals surface area (Å²) in [7, 11) is 1.62. The molecule has 31 heavy (non-hydrogen) atoms. The number of nitrogens with zero attached hydrogens (tertiary/aromatic N) is 1. The van der Waals surface area contributed by atoms with Crippen LogP contribution in [0.15, 0.2) is 54.6 Å². The average molecular weight is 443 g/mol. The number of nitrogens with one attached hydrogen (secondary N) is 1. The van der Waals surface area contributed by atoms with Gasteiger partial charge in [-0.05, 0) is 43.0 Å². The van der Waals surface area contributed by atoms with Crippen LogP contribution in [0.25, 0.3) is 0 Å². The van der Waals surface area contributed by atoms with Gasteiger partial charge in [0.1, 0.15) is 11.8 Å². The van der Waals surface area contributed by atoms with Crippen LogP contribution < -0.4 is 10.1 Å². The highest BCUT2D eigenvalue weighted by molar-refractivity contribution is 7.99. The molecule has 0 radical (unpaired) electrons. The van der Waals surface area contributed by atoms with Crippen molar-refractivity contribution in [1.82, 2.24) is 10.2 Å². The number of methoxy groups -OCH3 is 1. The van der Waals surface area contributed by atoms with Crippen LogP contribution in [0.3, 0.4) is 0 Å². The van der Waals surface area contributed by atoms with Crippen LogP contribution in [0.5, 0.6) is 5.75 Å². The fourth-order valence-electron chi connectivity index (χ4n) is 3.24. The highest BCUT2D eigenvalue weighted by atomic mass is 32.2. The summed E-state index contributed by atoms with van der Waals surface area (Å²) in [6.07, 6.45) is 1.40. The normalized spacial score (nSPS) is 12.6. The van der Waals surface area contributed by atoms with Gasteiger partial charge in [0.25, 0.3) is 0 Å². The molecule has 0 saturated heterocycles. The Labute approximate surface area is 190 Å². The second kappa shape index (κ2) is 13.1. The van der Waals surface area contributed by atoms with Crippen LogP contribution in [0.1, 0.15) is 44.7 Å². The van der Waals surface area contributed by atoms with E-state index in [1.165, 1.54) is 5.56 Å². The van der Waals surface area contributed by atoms with E-state index in [0.29, 0.717) is 18.7 Å². The van der Waals surface area contributed by atoms with Crippen LogP contribution in [-0.4, -0.2) is 41.7 Å². The average Bonchev–Trinajstić information content (AvgIpc) is 2.79. The molecular weight excluding hydrogens is 408 g/mol. The minimum atomic E-state index is -0.509. The van der Waals surface area contributed by atoms with Gasteiger partial charge in [-0.1, -0.05) is 56.3 Å². The first kappa shape index (κ1) is 24.8. The molecule has 0 aromatic heterocycles. The second-order valence-corrected chi connectivity index (χ2v) is 8.58. The Morgan fingerprint density at radius 3 is 2.39 bits per heavy atom. The molecule has 0 aliphatic rings. The molecule has 2 aromatic rings. The lowest BCUT2D eigenvalue weighted by Crippen LogP contribution is -2.51. The molecule has 0 fully saturated rings. The fraction of sp³-hybridized carbons (Fsp3) is 0.440. The van der Waals surface area contributed by atoms with Crippen molar-refractivity contribution in [1.29, 1.82) is 0 Å². The third-order valence-corrected chi connectivity index (χ3v) is 6.20. The molecule has 1 N–H and O–H groups in total. The van der Waals surface area contributed by atoms with E-state index >= 15 is 0 Å². The number of rotatable bonds is 12. The molecule has 0 aliphatic carbocycles. The zero-order chi connectivity index (χ0) is 22.6. The van der Waals surface area contributed by atoms with E-state index in [1.807, 2.05) is 63.2 Å². The zero-order valence-electron chi connectivity index (χ0n) is 19.0.